The molecule has 0 bridgehead atoms. The van der Waals surface area contributed by atoms with Crippen LogP contribution in [-0.4, -0.2) is 9.67 Å². The molecule has 0 amide bonds. The molecule has 0 spiro atoms. The summed E-state index contributed by atoms with van der Waals surface area (Å²) in [5.41, 5.74) is 3.63. The third kappa shape index (κ3) is 1.80. The Morgan fingerprint density at radius 1 is 1.67 bits per heavy atom. The molecule has 0 radical (unpaired) electrons. The summed E-state index contributed by atoms with van der Waals surface area (Å²) >= 11 is 0. The van der Waals surface area contributed by atoms with Gasteiger partial charge in [0.1, 0.15) is 0 Å². The summed E-state index contributed by atoms with van der Waals surface area (Å²) in [5.74, 6) is 2.67. The first kappa shape index (κ1) is 10.3. The molecule has 1 heterocycles. The van der Waals surface area contributed by atoms with Crippen LogP contribution in [0, 0.1) is 19.3 Å². The summed E-state index contributed by atoms with van der Waals surface area (Å²) in [6.07, 6.45) is 8.83. The molecular weight excluding hydrogens is 186 g/mol. The first-order valence-corrected chi connectivity index (χ1v) is 5.54. The zero-order chi connectivity index (χ0) is 10.8. The Morgan fingerprint density at radius 2 is 2.47 bits per heavy atom. The zero-order valence-corrected chi connectivity index (χ0v) is 9.16. The van der Waals surface area contributed by atoms with Gasteiger partial charge in [-0.05, 0) is 32.3 Å². The summed E-state index contributed by atoms with van der Waals surface area (Å²) in [4.78, 5) is 0. The van der Waals surface area contributed by atoms with Crippen LogP contribution < -0.4 is 0 Å². The number of aromatic nitrogens is 1. The molecule has 1 aromatic rings. The number of aliphatic hydroxyl groups is 1. The van der Waals surface area contributed by atoms with Crippen molar-refractivity contribution < 1.29 is 5.11 Å². The van der Waals surface area contributed by atoms with Gasteiger partial charge in [0.2, 0.25) is 0 Å². The molecule has 0 saturated carbocycles. The van der Waals surface area contributed by atoms with Crippen LogP contribution in [0.15, 0.2) is 6.07 Å². The lowest BCUT2D eigenvalue weighted by Crippen LogP contribution is -2.12. The van der Waals surface area contributed by atoms with Crippen molar-refractivity contribution in [2.75, 3.05) is 0 Å². The van der Waals surface area contributed by atoms with Crippen molar-refractivity contribution in [2.24, 2.45) is 0 Å². The van der Waals surface area contributed by atoms with Crippen molar-refractivity contribution in [3.8, 4) is 12.3 Å². The largest absolute Gasteiger partial charge is 0.388 e. The Bertz CT molecular complexity index is 397. The predicted molar refractivity (Wildman–Crippen MR) is 60.5 cm³/mol. The van der Waals surface area contributed by atoms with Gasteiger partial charge in [-0.15, -0.1) is 12.3 Å². The molecule has 0 aliphatic heterocycles. The molecule has 0 saturated heterocycles. The molecule has 1 aromatic heterocycles. The molecule has 1 unspecified atom stereocenters. The second-order valence-electron chi connectivity index (χ2n) is 4.20. The summed E-state index contributed by atoms with van der Waals surface area (Å²) in [5, 5.41) is 9.87. The minimum Gasteiger partial charge on any atom is -0.388 e. The van der Waals surface area contributed by atoms with Gasteiger partial charge in [0.15, 0.2) is 0 Å². The van der Waals surface area contributed by atoms with Gasteiger partial charge in [0.25, 0.3) is 0 Å². The Morgan fingerprint density at radius 3 is 3.20 bits per heavy atom. The maximum absolute atomic E-state index is 9.87. The molecular formula is C13H17NO. The van der Waals surface area contributed by atoms with Crippen molar-refractivity contribution in [2.45, 2.75) is 45.3 Å². The highest BCUT2D eigenvalue weighted by atomic mass is 16.3. The second-order valence-corrected chi connectivity index (χ2v) is 4.20. The van der Waals surface area contributed by atoms with Gasteiger partial charge in [-0.25, -0.2) is 0 Å². The van der Waals surface area contributed by atoms with Crippen molar-refractivity contribution in [3.05, 3.63) is 23.0 Å². The van der Waals surface area contributed by atoms with E-state index in [1.807, 2.05) is 0 Å². The maximum Gasteiger partial charge on any atom is 0.0807 e. The highest BCUT2D eigenvalue weighted by Crippen LogP contribution is 2.32. The van der Waals surface area contributed by atoms with Crippen LogP contribution in [0.1, 0.15) is 42.3 Å². The maximum atomic E-state index is 9.87. The Labute approximate surface area is 90.9 Å². The number of rotatable bonds is 2. The molecule has 0 aromatic carbocycles. The SMILES string of the molecule is C#CCCn1c(C)cc2c1CCCC2O. The lowest BCUT2D eigenvalue weighted by molar-refractivity contribution is 0.155. The average Bonchev–Trinajstić information content (AvgIpc) is 2.54. The number of nitrogens with zero attached hydrogens (tertiary/aromatic N) is 1. The van der Waals surface area contributed by atoms with E-state index in [1.54, 1.807) is 0 Å². The van der Waals surface area contributed by atoms with Gasteiger partial charge >= 0.3 is 0 Å². The van der Waals surface area contributed by atoms with Crippen LogP contribution in [0.5, 0.6) is 0 Å². The number of aliphatic hydroxyl groups excluding tert-OH is 1. The fourth-order valence-electron chi connectivity index (χ4n) is 2.43. The van der Waals surface area contributed by atoms with Gasteiger partial charge in [-0.3, -0.25) is 0 Å². The van der Waals surface area contributed by atoms with Gasteiger partial charge in [0, 0.05) is 29.9 Å². The number of hydrogen-bond acceptors (Lipinski definition) is 1. The topological polar surface area (TPSA) is 25.2 Å². The van der Waals surface area contributed by atoms with Crippen LogP contribution in [-0.2, 0) is 13.0 Å². The van der Waals surface area contributed by atoms with E-state index < -0.39 is 0 Å². The Kier molecular flexibility index (Phi) is 2.83. The number of aryl methyl sites for hydroxylation is 1. The second kappa shape index (κ2) is 4.12. The van der Waals surface area contributed by atoms with E-state index in [0.717, 1.165) is 37.8 Å². The molecule has 1 atom stereocenters. The van der Waals surface area contributed by atoms with Gasteiger partial charge in [0.05, 0.1) is 6.10 Å². The van der Waals surface area contributed by atoms with Crippen molar-refractivity contribution in [3.63, 3.8) is 0 Å². The molecule has 0 fully saturated rings. The van der Waals surface area contributed by atoms with Gasteiger partial charge in [-0.2, -0.15) is 0 Å². The molecule has 1 aliphatic rings. The standard InChI is InChI=1S/C13H17NO/c1-3-4-8-14-10(2)9-11-12(14)6-5-7-13(11)15/h1,9,13,15H,4-8H2,2H3. The van der Waals surface area contributed by atoms with Gasteiger partial charge < -0.3 is 9.67 Å². The summed E-state index contributed by atoms with van der Waals surface area (Å²) in [6.45, 7) is 2.96. The third-order valence-electron chi connectivity index (χ3n) is 3.18. The smallest absolute Gasteiger partial charge is 0.0807 e. The van der Waals surface area contributed by atoms with E-state index in [1.165, 1.54) is 11.4 Å². The minimum absolute atomic E-state index is 0.264. The summed E-state index contributed by atoms with van der Waals surface area (Å²) < 4.78 is 2.26. The molecule has 1 N–H and O–H groups in total. The molecule has 15 heavy (non-hydrogen) atoms. The minimum atomic E-state index is -0.264. The Hall–Kier alpha value is -1.20. The van der Waals surface area contributed by atoms with Crippen LogP contribution in [0.4, 0.5) is 0 Å². The molecule has 1 aliphatic carbocycles. The zero-order valence-electron chi connectivity index (χ0n) is 9.16. The van der Waals surface area contributed by atoms with Crippen molar-refractivity contribution in [1.29, 1.82) is 0 Å². The molecule has 2 heteroatoms. The first-order chi connectivity index (χ1) is 7.24. The average molecular weight is 203 g/mol. The highest BCUT2D eigenvalue weighted by molar-refractivity contribution is 5.31. The fraction of sp³-hybridized carbons (Fsp3) is 0.538. The van der Waals surface area contributed by atoms with Crippen molar-refractivity contribution in [1.82, 2.24) is 4.57 Å². The summed E-state index contributed by atoms with van der Waals surface area (Å²) in [7, 11) is 0. The Balaban J connectivity index is 2.34. The summed E-state index contributed by atoms with van der Waals surface area (Å²) in [6, 6.07) is 2.11. The first-order valence-electron chi connectivity index (χ1n) is 5.54. The number of terminal acetylenes is 1. The molecule has 2 nitrogen and oxygen atoms in total. The van der Waals surface area contributed by atoms with Gasteiger partial charge in [-0.1, -0.05) is 0 Å². The van der Waals surface area contributed by atoms with E-state index in [-0.39, 0.29) is 6.10 Å². The van der Waals surface area contributed by atoms with E-state index in [0.29, 0.717) is 0 Å². The highest BCUT2D eigenvalue weighted by Gasteiger charge is 2.22. The molecule has 80 valence electrons. The lowest BCUT2D eigenvalue weighted by atomic mass is 9.95. The van der Waals surface area contributed by atoms with E-state index in [4.69, 9.17) is 6.42 Å². The quantitative estimate of drug-likeness (QED) is 0.732. The fourth-order valence-corrected chi connectivity index (χ4v) is 2.43. The van der Waals surface area contributed by atoms with Crippen LogP contribution in [0.25, 0.3) is 0 Å². The third-order valence-corrected chi connectivity index (χ3v) is 3.18. The number of fused-ring (bicyclic) bond motifs is 1. The van der Waals surface area contributed by atoms with Crippen LogP contribution >= 0.6 is 0 Å². The van der Waals surface area contributed by atoms with E-state index in [2.05, 4.69) is 23.5 Å². The van der Waals surface area contributed by atoms with Crippen LogP contribution in [0.3, 0.4) is 0 Å². The predicted octanol–water partition coefficient (Wildman–Crippen LogP) is 2.19. The van der Waals surface area contributed by atoms with Crippen LogP contribution in [0.2, 0.25) is 0 Å². The number of hydrogen-bond donors (Lipinski definition) is 1. The van der Waals surface area contributed by atoms with E-state index >= 15 is 0 Å². The van der Waals surface area contributed by atoms with E-state index in [9.17, 15) is 5.11 Å². The molecule has 2 rings (SSSR count). The van der Waals surface area contributed by atoms with Crippen molar-refractivity contribution >= 4 is 0 Å². The monoisotopic (exact) mass is 203 g/mol. The normalized spacial score (nSPS) is 19.7. The lowest BCUT2D eigenvalue weighted by Gasteiger charge is -2.20.